The van der Waals surface area contributed by atoms with Gasteiger partial charge in [-0.2, -0.15) is 5.10 Å². The van der Waals surface area contributed by atoms with Crippen molar-refractivity contribution in [2.75, 3.05) is 11.9 Å². The van der Waals surface area contributed by atoms with Crippen LogP contribution in [0.2, 0.25) is 0 Å². The van der Waals surface area contributed by atoms with E-state index in [0.29, 0.717) is 11.7 Å². The lowest BCUT2D eigenvalue weighted by Gasteiger charge is -2.07. The zero-order valence-corrected chi connectivity index (χ0v) is 10.5. The van der Waals surface area contributed by atoms with Gasteiger partial charge in [0, 0.05) is 18.7 Å². The quantitative estimate of drug-likeness (QED) is 0.763. The topological polar surface area (TPSA) is 76.0 Å². The Kier molecular flexibility index (Phi) is 3.96. The van der Waals surface area contributed by atoms with E-state index in [1.807, 2.05) is 6.92 Å². The minimum absolute atomic E-state index is 0.0105. The van der Waals surface area contributed by atoms with E-state index in [4.69, 9.17) is 0 Å². The number of nitrogens with zero attached hydrogens (tertiary/aromatic N) is 2. The SMILES string of the molecule is CCCNc1cnn(CC(=O)NC2CC2)c(=O)c1. The van der Waals surface area contributed by atoms with E-state index in [0.717, 1.165) is 25.8 Å². The number of amides is 1. The van der Waals surface area contributed by atoms with Gasteiger partial charge in [-0.05, 0) is 19.3 Å². The van der Waals surface area contributed by atoms with Gasteiger partial charge in [0.15, 0.2) is 0 Å². The van der Waals surface area contributed by atoms with Gasteiger partial charge in [-0.15, -0.1) is 0 Å². The lowest BCUT2D eigenvalue weighted by molar-refractivity contribution is -0.122. The molecule has 0 atom stereocenters. The molecule has 0 aliphatic heterocycles. The molecule has 0 spiro atoms. The summed E-state index contributed by atoms with van der Waals surface area (Å²) in [7, 11) is 0. The largest absolute Gasteiger partial charge is 0.384 e. The first-order valence-corrected chi connectivity index (χ1v) is 6.29. The molecule has 0 saturated heterocycles. The number of rotatable bonds is 6. The van der Waals surface area contributed by atoms with Crippen molar-refractivity contribution in [2.24, 2.45) is 0 Å². The van der Waals surface area contributed by atoms with Crippen LogP contribution >= 0.6 is 0 Å². The molecule has 1 saturated carbocycles. The monoisotopic (exact) mass is 250 g/mol. The standard InChI is InChI=1S/C12H18N4O2/c1-2-5-13-10-6-12(18)16(14-7-10)8-11(17)15-9-3-4-9/h6-7,9,13H,2-5,8H2,1H3,(H,15,17). The van der Waals surface area contributed by atoms with Crippen LogP contribution in [0.4, 0.5) is 5.69 Å². The molecule has 2 rings (SSSR count). The molecule has 1 aromatic rings. The van der Waals surface area contributed by atoms with Crippen LogP contribution in [0.3, 0.4) is 0 Å². The van der Waals surface area contributed by atoms with Crippen molar-refractivity contribution in [3.63, 3.8) is 0 Å². The number of carbonyl (C=O) groups is 1. The smallest absolute Gasteiger partial charge is 0.269 e. The van der Waals surface area contributed by atoms with Crippen molar-refractivity contribution in [3.05, 3.63) is 22.6 Å². The van der Waals surface area contributed by atoms with Gasteiger partial charge < -0.3 is 10.6 Å². The van der Waals surface area contributed by atoms with Gasteiger partial charge in [-0.25, -0.2) is 4.68 Å². The fraction of sp³-hybridized carbons (Fsp3) is 0.583. The summed E-state index contributed by atoms with van der Waals surface area (Å²) in [5.74, 6) is -0.152. The maximum atomic E-state index is 11.7. The van der Waals surface area contributed by atoms with Gasteiger partial charge in [0.05, 0.1) is 11.9 Å². The van der Waals surface area contributed by atoms with Crippen molar-refractivity contribution in [3.8, 4) is 0 Å². The predicted molar refractivity (Wildman–Crippen MR) is 68.4 cm³/mol. The normalized spacial score (nSPS) is 14.3. The lowest BCUT2D eigenvalue weighted by Crippen LogP contribution is -2.34. The summed E-state index contributed by atoms with van der Waals surface area (Å²) in [6.45, 7) is 2.83. The zero-order chi connectivity index (χ0) is 13.0. The first-order chi connectivity index (χ1) is 8.69. The van der Waals surface area contributed by atoms with Gasteiger partial charge >= 0.3 is 0 Å². The van der Waals surface area contributed by atoms with E-state index in [1.165, 1.54) is 10.7 Å². The van der Waals surface area contributed by atoms with E-state index >= 15 is 0 Å². The molecule has 98 valence electrons. The minimum Gasteiger partial charge on any atom is -0.384 e. The van der Waals surface area contributed by atoms with Gasteiger partial charge in [-0.3, -0.25) is 9.59 Å². The summed E-state index contributed by atoms with van der Waals surface area (Å²) < 4.78 is 1.18. The molecule has 0 aromatic carbocycles. The molecule has 1 aliphatic carbocycles. The van der Waals surface area contributed by atoms with Crippen LogP contribution in [0.5, 0.6) is 0 Å². The molecular weight excluding hydrogens is 232 g/mol. The second-order valence-corrected chi connectivity index (χ2v) is 4.51. The molecule has 1 amide bonds. The maximum absolute atomic E-state index is 11.7. The first-order valence-electron chi connectivity index (χ1n) is 6.29. The first kappa shape index (κ1) is 12.6. The fourth-order valence-corrected chi connectivity index (χ4v) is 1.56. The Bertz CT molecular complexity index is 479. The molecule has 6 nitrogen and oxygen atoms in total. The highest BCUT2D eigenvalue weighted by molar-refractivity contribution is 5.76. The van der Waals surface area contributed by atoms with E-state index in [9.17, 15) is 9.59 Å². The van der Waals surface area contributed by atoms with Crippen LogP contribution in [-0.2, 0) is 11.3 Å². The molecule has 6 heteroatoms. The summed E-state index contributed by atoms with van der Waals surface area (Å²) >= 11 is 0. The molecule has 0 radical (unpaired) electrons. The van der Waals surface area contributed by atoms with Gasteiger partial charge in [0.2, 0.25) is 5.91 Å². The molecule has 1 heterocycles. The number of carbonyl (C=O) groups excluding carboxylic acids is 1. The van der Waals surface area contributed by atoms with Crippen LogP contribution in [-0.4, -0.2) is 28.3 Å². The Labute approximate surface area is 105 Å². The summed E-state index contributed by atoms with van der Waals surface area (Å²) in [5, 5.41) is 9.89. The summed E-state index contributed by atoms with van der Waals surface area (Å²) in [6, 6.07) is 1.77. The average molecular weight is 250 g/mol. The molecule has 2 N–H and O–H groups in total. The Morgan fingerprint density at radius 1 is 1.56 bits per heavy atom. The second-order valence-electron chi connectivity index (χ2n) is 4.51. The highest BCUT2D eigenvalue weighted by Crippen LogP contribution is 2.18. The molecular formula is C12H18N4O2. The third kappa shape index (κ3) is 3.58. The molecule has 1 aromatic heterocycles. The number of aromatic nitrogens is 2. The highest BCUT2D eigenvalue weighted by Gasteiger charge is 2.23. The van der Waals surface area contributed by atoms with Crippen LogP contribution in [0.1, 0.15) is 26.2 Å². The number of anilines is 1. The fourth-order valence-electron chi connectivity index (χ4n) is 1.56. The third-order valence-electron chi connectivity index (χ3n) is 2.68. The van der Waals surface area contributed by atoms with Crippen LogP contribution in [0.25, 0.3) is 0 Å². The van der Waals surface area contributed by atoms with E-state index in [-0.39, 0.29) is 18.0 Å². The van der Waals surface area contributed by atoms with Crippen molar-refractivity contribution in [1.82, 2.24) is 15.1 Å². The van der Waals surface area contributed by atoms with Crippen LogP contribution < -0.4 is 16.2 Å². The van der Waals surface area contributed by atoms with E-state index in [1.54, 1.807) is 6.20 Å². The summed E-state index contributed by atoms with van der Waals surface area (Å²) in [6.07, 6.45) is 4.62. The second kappa shape index (κ2) is 5.66. The molecule has 1 fully saturated rings. The summed E-state index contributed by atoms with van der Waals surface area (Å²) in [5.41, 5.74) is 0.433. The van der Waals surface area contributed by atoms with Gasteiger partial charge in [0.25, 0.3) is 5.56 Å². The van der Waals surface area contributed by atoms with Crippen molar-refractivity contribution < 1.29 is 4.79 Å². The zero-order valence-electron chi connectivity index (χ0n) is 10.5. The van der Waals surface area contributed by atoms with E-state index < -0.39 is 0 Å². The van der Waals surface area contributed by atoms with Crippen LogP contribution in [0.15, 0.2) is 17.1 Å². The van der Waals surface area contributed by atoms with Gasteiger partial charge in [0.1, 0.15) is 6.54 Å². The Hall–Kier alpha value is -1.85. The molecule has 0 bridgehead atoms. The molecule has 1 aliphatic rings. The predicted octanol–water partition coefficient (Wildman–Crippen LogP) is 0.344. The van der Waals surface area contributed by atoms with Crippen molar-refractivity contribution in [2.45, 2.75) is 38.8 Å². The molecule has 0 unspecified atom stereocenters. The van der Waals surface area contributed by atoms with Crippen molar-refractivity contribution >= 4 is 11.6 Å². The Morgan fingerprint density at radius 3 is 2.94 bits per heavy atom. The third-order valence-corrected chi connectivity index (χ3v) is 2.68. The Balaban J connectivity index is 1.95. The van der Waals surface area contributed by atoms with Gasteiger partial charge in [-0.1, -0.05) is 6.92 Å². The molecule has 18 heavy (non-hydrogen) atoms. The van der Waals surface area contributed by atoms with Crippen LogP contribution in [0, 0.1) is 0 Å². The average Bonchev–Trinajstić information content (AvgIpc) is 3.13. The summed E-state index contributed by atoms with van der Waals surface area (Å²) in [4.78, 5) is 23.3. The highest BCUT2D eigenvalue weighted by atomic mass is 16.2. The Morgan fingerprint density at radius 2 is 2.33 bits per heavy atom. The lowest BCUT2D eigenvalue weighted by atomic mass is 10.4. The number of hydrogen-bond acceptors (Lipinski definition) is 4. The van der Waals surface area contributed by atoms with Crippen molar-refractivity contribution in [1.29, 1.82) is 0 Å². The number of hydrogen-bond donors (Lipinski definition) is 2. The number of nitrogens with one attached hydrogen (secondary N) is 2. The van der Waals surface area contributed by atoms with E-state index in [2.05, 4.69) is 15.7 Å². The maximum Gasteiger partial charge on any atom is 0.269 e. The minimum atomic E-state index is -0.262.